The van der Waals surface area contributed by atoms with E-state index >= 15 is 0 Å². The Hall–Kier alpha value is -0.450. The number of hydrogen-bond acceptors (Lipinski definition) is 4. The van der Waals surface area contributed by atoms with Crippen LogP contribution in [0.2, 0.25) is 0 Å². The number of aliphatic hydroxyl groups excluding tert-OH is 1. The molecule has 0 rings (SSSR count). The van der Waals surface area contributed by atoms with Crippen molar-refractivity contribution in [1.29, 1.82) is 0 Å². The van der Waals surface area contributed by atoms with Gasteiger partial charge in [-0.05, 0) is 6.92 Å². The van der Waals surface area contributed by atoms with Crippen LogP contribution in [-0.2, 0) is 4.74 Å². The van der Waals surface area contributed by atoms with Gasteiger partial charge in [0.25, 0.3) is 5.91 Å². The summed E-state index contributed by atoms with van der Waals surface area (Å²) < 4.78 is 4.73. The van der Waals surface area contributed by atoms with Crippen LogP contribution < -0.4 is 0 Å². The van der Waals surface area contributed by atoms with Gasteiger partial charge in [0.1, 0.15) is 0 Å². The lowest BCUT2D eigenvalue weighted by Crippen LogP contribution is -2.26. The number of aliphatic imine (C=N–C) groups is 1. The normalized spacial score (nSPS) is 17.6. The summed E-state index contributed by atoms with van der Waals surface area (Å²) in [5, 5.41) is 17.4. The second-order valence-corrected chi connectivity index (χ2v) is 1.89. The topological polar surface area (TPSA) is 62.1 Å². The first-order chi connectivity index (χ1) is 4.62. The maximum atomic E-state index is 9.11. The summed E-state index contributed by atoms with van der Waals surface area (Å²) in [5.74, 6) is -1.49. The largest absolute Gasteiger partial charge is 0.394 e. The molecule has 0 radical (unpaired) electrons. The van der Waals surface area contributed by atoms with Gasteiger partial charge in [-0.1, -0.05) is 0 Å². The fourth-order valence-electron chi connectivity index (χ4n) is 0.516. The number of nitrogens with zero attached hydrogens (tertiary/aromatic N) is 1. The molecule has 0 aliphatic carbocycles. The highest BCUT2D eigenvalue weighted by Gasteiger charge is 2.16. The predicted octanol–water partition coefficient (Wildman–Crippen LogP) is -0.248. The Morgan fingerprint density at radius 2 is 2.30 bits per heavy atom. The van der Waals surface area contributed by atoms with Crippen molar-refractivity contribution in [3.63, 3.8) is 0 Å². The number of aliphatic hydroxyl groups is 2. The summed E-state index contributed by atoms with van der Waals surface area (Å²) in [6.45, 7) is 3.05. The third kappa shape index (κ3) is 4.43. The zero-order chi connectivity index (χ0) is 8.04. The summed E-state index contributed by atoms with van der Waals surface area (Å²) in [6, 6.07) is 0. The minimum absolute atomic E-state index is 0.0876. The SMILES string of the molecule is C/C=N\C(C)(O)OCCO. The van der Waals surface area contributed by atoms with Gasteiger partial charge in [-0.3, -0.25) is 0 Å². The van der Waals surface area contributed by atoms with Crippen molar-refractivity contribution in [2.45, 2.75) is 19.8 Å². The van der Waals surface area contributed by atoms with Gasteiger partial charge in [-0.2, -0.15) is 0 Å². The quantitative estimate of drug-likeness (QED) is 0.426. The van der Waals surface area contributed by atoms with Crippen molar-refractivity contribution in [3.05, 3.63) is 0 Å². The van der Waals surface area contributed by atoms with Gasteiger partial charge in [0, 0.05) is 13.1 Å². The van der Waals surface area contributed by atoms with E-state index in [0.717, 1.165) is 0 Å². The first-order valence-electron chi connectivity index (χ1n) is 3.09. The highest BCUT2D eigenvalue weighted by atomic mass is 16.6. The van der Waals surface area contributed by atoms with Crippen molar-refractivity contribution in [2.24, 2.45) is 4.99 Å². The van der Waals surface area contributed by atoms with E-state index in [1.807, 2.05) is 0 Å². The molecule has 0 aromatic heterocycles. The van der Waals surface area contributed by atoms with Gasteiger partial charge in [-0.25, -0.2) is 4.99 Å². The van der Waals surface area contributed by atoms with E-state index in [9.17, 15) is 0 Å². The van der Waals surface area contributed by atoms with Crippen molar-refractivity contribution in [3.8, 4) is 0 Å². The Labute approximate surface area is 60.2 Å². The fraction of sp³-hybridized carbons (Fsp3) is 0.833. The molecule has 0 saturated carbocycles. The average Bonchev–Trinajstić information content (AvgIpc) is 1.84. The molecule has 4 heteroatoms. The predicted molar refractivity (Wildman–Crippen MR) is 37.8 cm³/mol. The molecule has 0 amide bonds. The molecule has 2 N–H and O–H groups in total. The molecule has 1 unspecified atom stereocenters. The van der Waals surface area contributed by atoms with Crippen LogP contribution in [-0.4, -0.2) is 35.6 Å². The minimum atomic E-state index is -1.49. The van der Waals surface area contributed by atoms with E-state index in [1.165, 1.54) is 13.1 Å². The molecule has 0 aliphatic heterocycles. The zero-order valence-corrected chi connectivity index (χ0v) is 6.24. The standard InChI is InChI=1S/C6H13NO3/c1-3-7-6(2,9)10-5-4-8/h3,8-9H,4-5H2,1-2H3/b7-3-. The third-order valence-corrected chi connectivity index (χ3v) is 0.835. The summed E-state index contributed by atoms with van der Waals surface area (Å²) in [4.78, 5) is 3.59. The molecule has 0 aromatic rings. The molecular weight excluding hydrogens is 134 g/mol. The van der Waals surface area contributed by atoms with Gasteiger partial charge in [-0.15, -0.1) is 0 Å². The fourth-order valence-corrected chi connectivity index (χ4v) is 0.516. The molecule has 0 spiro atoms. The lowest BCUT2D eigenvalue weighted by molar-refractivity contribution is -0.187. The maximum Gasteiger partial charge on any atom is 0.263 e. The maximum absolute atomic E-state index is 9.11. The number of ether oxygens (including phenoxy) is 1. The molecule has 60 valence electrons. The van der Waals surface area contributed by atoms with Crippen LogP contribution in [0.5, 0.6) is 0 Å². The average molecular weight is 147 g/mol. The Balaban J connectivity index is 3.63. The minimum Gasteiger partial charge on any atom is -0.394 e. The van der Waals surface area contributed by atoms with Crippen LogP contribution in [0.3, 0.4) is 0 Å². The first-order valence-corrected chi connectivity index (χ1v) is 3.09. The Kier molecular flexibility index (Phi) is 4.18. The second kappa shape index (κ2) is 4.38. The van der Waals surface area contributed by atoms with E-state index < -0.39 is 5.91 Å². The molecule has 0 saturated heterocycles. The summed E-state index contributed by atoms with van der Waals surface area (Å²) >= 11 is 0. The van der Waals surface area contributed by atoms with Gasteiger partial charge < -0.3 is 14.9 Å². The van der Waals surface area contributed by atoms with Crippen molar-refractivity contribution in [1.82, 2.24) is 0 Å². The Morgan fingerprint density at radius 1 is 1.70 bits per heavy atom. The van der Waals surface area contributed by atoms with Gasteiger partial charge in [0.2, 0.25) is 0 Å². The monoisotopic (exact) mass is 147 g/mol. The Bertz CT molecular complexity index is 112. The summed E-state index contributed by atoms with van der Waals surface area (Å²) in [7, 11) is 0. The van der Waals surface area contributed by atoms with Crippen molar-refractivity contribution >= 4 is 6.21 Å². The third-order valence-electron chi connectivity index (χ3n) is 0.835. The molecular formula is C6H13NO3. The molecule has 0 fully saturated rings. The molecule has 4 nitrogen and oxygen atoms in total. The Morgan fingerprint density at radius 3 is 2.70 bits per heavy atom. The van der Waals surface area contributed by atoms with Crippen LogP contribution in [0, 0.1) is 0 Å². The van der Waals surface area contributed by atoms with Crippen LogP contribution in [0.4, 0.5) is 0 Å². The smallest absolute Gasteiger partial charge is 0.263 e. The molecule has 0 heterocycles. The van der Waals surface area contributed by atoms with E-state index in [1.54, 1.807) is 6.92 Å². The number of hydrogen-bond donors (Lipinski definition) is 2. The highest BCUT2D eigenvalue weighted by Crippen LogP contribution is 2.05. The molecule has 10 heavy (non-hydrogen) atoms. The lowest BCUT2D eigenvalue weighted by atomic mass is 10.5. The first kappa shape index (κ1) is 9.55. The second-order valence-electron chi connectivity index (χ2n) is 1.89. The van der Waals surface area contributed by atoms with Gasteiger partial charge >= 0.3 is 0 Å². The summed E-state index contributed by atoms with van der Waals surface area (Å²) in [5.41, 5.74) is 0. The highest BCUT2D eigenvalue weighted by molar-refractivity contribution is 5.53. The van der Waals surface area contributed by atoms with Crippen LogP contribution >= 0.6 is 0 Å². The molecule has 0 aromatic carbocycles. The van der Waals surface area contributed by atoms with E-state index in [4.69, 9.17) is 14.9 Å². The van der Waals surface area contributed by atoms with Crippen LogP contribution in [0.15, 0.2) is 4.99 Å². The van der Waals surface area contributed by atoms with Crippen molar-refractivity contribution < 1.29 is 14.9 Å². The van der Waals surface area contributed by atoms with Gasteiger partial charge in [0.15, 0.2) is 0 Å². The molecule has 0 bridgehead atoms. The number of rotatable bonds is 4. The van der Waals surface area contributed by atoms with Crippen LogP contribution in [0.1, 0.15) is 13.8 Å². The van der Waals surface area contributed by atoms with E-state index in [2.05, 4.69) is 4.99 Å². The zero-order valence-electron chi connectivity index (χ0n) is 6.24. The van der Waals surface area contributed by atoms with Gasteiger partial charge in [0.05, 0.1) is 13.2 Å². The lowest BCUT2D eigenvalue weighted by Gasteiger charge is -2.17. The van der Waals surface area contributed by atoms with E-state index in [0.29, 0.717) is 0 Å². The molecule has 0 aliphatic rings. The van der Waals surface area contributed by atoms with Crippen LogP contribution in [0.25, 0.3) is 0 Å². The van der Waals surface area contributed by atoms with E-state index in [-0.39, 0.29) is 13.2 Å². The van der Waals surface area contributed by atoms with Crippen molar-refractivity contribution in [2.75, 3.05) is 13.2 Å². The summed E-state index contributed by atoms with van der Waals surface area (Å²) in [6.07, 6.45) is 1.44. The molecule has 1 atom stereocenters.